The van der Waals surface area contributed by atoms with Crippen molar-refractivity contribution >= 4 is 11.8 Å². The monoisotopic (exact) mass is 312 g/mol. The van der Waals surface area contributed by atoms with Gasteiger partial charge in [0, 0.05) is 44.0 Å². The van der Waals surface area contributed by atoms with E-state index < -0.39 is 0 Å². The number of likely N-dealkylation sites (tertiary alicyclic amines) is 1. The van der Waals surface area contributed by atoms with Gasteiger partial charge in [-0.2, -0.15) is 5.10 Å². The largest absolute Gasteiger partial charge is 0.352 e. The molecule has 2 amide bonds. The van der Waals surface area contributed by atoms with Crippen molar-refractivity contribution in [3.05, 3.63) is 48.3 Å². The first-order valence-corrected chi connectivity index (χ1v) is 7.90. The van der Waals surface area contributed by atoms with E-state index in [1.807, 2.05) is 29.3 Å². The molecule has 3 rings (SSSR count). The van der Waals surface area contributed by atoms with Gasteiger partial charge >= 0.3 is 0 Å². The zero-order chi connectivity index (χ0) is 16.1. The Hall–Kier alpha value is -2.63. The van der Waals surface area contributed by atoms with Crippen LogP contribution in [0, 0.1) is 0 Å². The summed E-state index contributed by atoms with van der Waals surface area (Å²) in [7, 11) is 0. The number of nitrogens with one attached hydrogen (secondary N) is 1. The molecule has 1 aliphatic rings. The lowest BCUT2D eigenvalue weighted by Gasteiger charge is -2.15. The average Bonchev–Trinajstić information content (AvgIpc) is 3.23. The Morgan fingerprint density at radius 2 is 2.09 bits per heavy atom. The molecule has 1 aromatic carbocycles. The topological polar surface area (TPSA) is 67.2 Å². The van der Waals surface area contributed by atoms with Crippen LogP contribution in [0.5, 0.6) is 0 Å². The Kier molecular flexibility index (Phi) is 4.71. The number of aromatic nitrogens is 2. The number of carbonyl (C=O) groups excluding carboxylic acids is 2. The average molecular weight is 312 g/mol. The number of rotatable bonds is 6. The molecule has 0 radical (unpaired) electrons. The molecule has 23 heavy (non-hydrogen) atoms. The fourth-order valence-corrected chi connectivity index (χ4v) is 2.70. The molecular weight excluding hydrogens is 292 g/mol. The van der Waals surface area contributed by atoms with Crippen molar-refractivity contribution in [3.63, 3.8) is 0 Å². The first kappa shape index (κ1) is 15.3. The fourth-order valence-electron chi connectivity index (χ4n) is 2.70. The van der Waals surface area contributed by atoms with E-state index in [2.05, 4.69) is 10.4 Å². The molecule has 1 fully saturated rings. The number of nitrogens with zero attached hydrogens (tertiary/aromatic N) is 3. The molecule has 0 aliphatic carbocycles. The molecule has 1 N–H and O–H groups in total. The highest BCUT2D eigenvalue weighted by Gasteiger charge is 2.19. The zero-order valence-corrected chi connectivity index (χ0v) is 12.9. The van der Waals surface area contributed by atoms with Crippen LogP contribution in [0.25, 0.3) is 5.69 Å². The smallest absolute Gasteiger partial charge is 0.251 e. The van der Waals surface area contributed by atoms with Crippen molar-refractivity contribution in [2.24, 2.45) is 0 Å². The van der Waals surface area contributed by atoms with Gasteiger partial charge in [-0.15, -0.1) is 0 Å². The summed E-state index contributed by atoms with van der Waals surface area (Å²) in [6.07, 6.45) is 5.96. The molecule has 1 aromatic heterocycles. The Labute approximate surface area is 135 Å². The van der Waals surface area contributed by atoms with E-state index in [-0.39, 0.29) is 11.8 Å². The molecule has 1 saturated heterocycles. The Morgan fingerprint density at radius 3 is 2.74 bits per heavy atom. The van der Waals surface area contributed by atoms with Crippen molar-refractivity contribution in [2.75, 3.05) is 19.6 Å². The number of benzene rings is 1. The molecule has 0 saturated carbocycles. The predicted octanol–water partition coefficient (Wildman–Crippen LogP) is 1.61. The van der Waals surface area contributed by atoms with Crippen molar-refractivity contribution in [1.29, 1.82) is 0 Å². The van der Waals surface area contributed by atoms with Crippen molar-refractivity contribution in [2.45, 2.75) is 19.3 Å². The molecule has 1 aliphatic heterocycles. The second-order valence-electron chi connectivity index (χ2n) is 5.59. The minimum absolute atomic E-state index is 0.0928. The summed E-state index contributed by atoms with van der Waals surface area (Å²) in [6.45, 7) is 2.14. The van der Waals surface area contributed by atoms with Crippen LogP contribution in [-0.4, -0.2) is 46.1 Å². The lowest BCUT2D eigenvalue weighted by Crippen LogP contribution is -2.30. The van der Waals surface area contributed by atoms with Crippen molar-refractivity contribution in [3.8, 4) is 5.69 Å². The Morgan fingerprint density at radius 1 is 1.26 bits per heavy atom. The minimum Gasteiger partial charge on any atom is -0.352 e. The SMILES string of the molecule is O=C(NCCCN1CCCC1=O)c1ccc(-n2cccn2)cc1. The first-order chi connectivity index (χ1) is 11.2. The summed E-state index contributed by atoms with van der Waals surface area (Å²) < 4.78 is 1.74. The summed E-state index contributed by atoms with van der Waals surface area (Å²) in [5.41, 5.74) is 1.54. The van der Waals surface area contributed by atoms with E-state index in [0.29, 0.717) is 18.5 Å². The minimum atomic E-state index is -0.0928. The molecule has 0 unspecified atom stereocenters. The van der Waals surface area contributed by atoms with Gasteiger partial charge in [-0.25, -0.2) is 4.68 Å². The van der Waals surface area contributed by atoms with Crippen molar-refractivity contribution in [1.82, 2.24) is 20.0 Å². The van der Waals surface area contributed by atoms with Crippen LogP contribution in [0.3, 0.4) is 0 Å². The number of carbonyl (C=O) groups is 2. The van der Waals surface area contributed by atoms with E-state index in [1.54, 1.807) is 23.0 Å². The van der Waals surface area contributed by atoms with Crippen LogP contribution in [0.15, 0.2) is 42.7 Å². The lowest BCUT2D eigenvalue weighted by atomic mass is 10.2. The molecule has 0 bridgehead atoms. The van der Waals surface area contributed by atoms with Gasteiger partial charge in [-0.3, -0.25) is 9.59 Å². The molecule has 120 valence electrons. The van der Waals surface area contributed by atoms with Crippen LogP contribution in [0.1, 0.15) is 29.6 Å². The molecular formula is C17H20N4O2. The van der Waals surface area contributed by atoms with Crippen LogP contribution in [0.2, 0.25) is 0 Å². The number of hydrogen-bond acceptors (Lipinski definition) is 3. The molecule has 6 nitrogen and oxygen atoms in total. The Bertz CT molecular complexity index is 664. The highest BCUT2D eigenvalue weighted by Crippen LogP contribution is 2.10. The third-order valence-electron chi connectivity index (χ3n) is 3.96. The summed E-state index contributed by atoms with van der Waals surface area (Å²) >= 11 is 0. The molecule has 0 atom stereocenters. The number of amides is 2. The zero-order valence-electron chi connectivity index (χ0n) is 12.9. The van der Waals surface area contributed by atoms with Gasteiger partial charge in [0.25, 0.3) is 5.91 Å². The van der Waals surface area contributed by atoms with E-state index in [9.17, 15) is 9.59 Å². The van der Waals surface area contributed by atoms with Gasteiger partial charge in [-0.05, 0) is 43.2 Å². The third kappa shape index (κ3) is 3.77. The lowest BCUT2D eigenvalue weighted by molar-refractivity contribution is -0.127. The van der Waals surface area contributed by atoms with Gasteiger partial charge in [0.05, 0.1) is 5.69 Å². The second-order valence-corrected chi connectivity index (χ2v) is 5.59. The van der Waals surface area contributed by atoms with E-state index in [4.69, 9.17) is 0 Å². The quantitative estimate of drug-likeness (QED) is 0.824. The van der Waals surface area contributed by atoms with Gasteiger partial charge in [0.15, 0.2) is 0 Å². The maximum atomic E-state index is 12.1. The van der Waals surface area contributed by atoms with Crippen LogP contribution in [0.4, 0.5) is 0 Å². The molecule has 2 aromatic rings. The Balaban J connectivity index is 1.45. The second kappa shape index (κ2) is 7.09. The van der Waals surface area contributed by atoms with Crippen LogP contribution < -0.4 is 5.32 Å². The summed E-state index contributed by atoms with van der Waals surface area (Å²) in [6, 6.07) is 9.16. The summed E-state index contributed by atoms with van der Waals surface area (Å²) in [5, 5.41) is 7.04. The first-order valence-electron chi connectivity index (χ1n) is 7.90. The maximum Gasteiger partial charge on any atom is 0.251 e. The van der Waals surface area contributed by atoms with Gasteiger partial charge in [0.1, 0.15) is 0 Å². The predicted molar refractivity (Wildman–Crippen MR) is 86.3 cm³/mol. The molecule has 2 heterocycles. The highest BCUT2D eigenvalue weighted by atomic mass is 16.2. The van der Waals surface area contributed by atoms with Gasteiger partial charge in [0.2, 0.25) is 5.91 Å². The summed E-state index contributed by atoms with van der Waals surface area (Å²) in [4.78, 5) is 25.4. The molecule has 6 heteroatoms. The van der Waals surface area contributed by atoms with Crippen molar-refractivity contribution < 1.29 is 9.59 Å². The number of hydrogen-bond donors (Lipinski definition) is 1. The fraction of sp³-hybridized carbons (Fsp3) is 0.353. The van der Waals surface area contributed by atoms with E-state index >= 15 is 0 Å². The van der Waals surface area contributed by atoms with Crippen LogP contribution in [-0.2, 0) is 4.79 Å². The third-order valence-corrected chi connectivity index (χ3v) is 3.96. The molecule has 0 spiro atoms. The van der Waals surface area contributed by atoms with Gasteiger partial charge < -0.3 is 10.2 Å². The standard InChI is InChI=1S/C17H20N4O2/c22-16-4-1-11-20(16)12-2-9-18-17(23)14-5-7-15(8-6-14)21-13-3-10-19-21/h3,5-8,10,13H,1-2,4,9,11-12H2,(H,18,23). The van der Waals surface area contributed by atoms with Crippen LogP contribution >= 0.6 is 0 Å². The normalized spacial score (nSPS) is 14.3. The van der Waals surface area contributed by atoms with E-state index in [0.717, 1.165) is 31.6 Å². The van der Waals surface area contributed by atoms with E-state index in [1.165, 1.54) is 0 Å². The maximum absolute atomic E-state index is 12.1. The van der Waals surface area contributed by atoms with Gasteiger partial charge in [-0.1, -0.05) is 0 Å². The summed E-state index contributed by atoms with van der Waals surface area (Å²) in [5.74, 6) is 0.135. The highest BCUT2D eigenvalue weighted by molar-refractivity contribution is 5.94.